The number of piperidine rings is 1. The highest BCUT2D eigenvalue weighted by Crippen LogP contribution is 2.40. The molecule has 0 spiro atoms. The number of pyridine rings is 1. The average Bonchev–Trinajstić information content (AvgIpc) is 3.05. The van der Waals surface area contributed by atoms with Gasteiger partial charge in [-0.1, -0.05) is 31.4 Å². The van der Waals surface area contributed by atoms with E-state index in [1.165, 1.54) is 12.8 Å². The third-order valence-corrected chi connectivity index (χ3v) is 6.65. The molecule has 4 atom stereocenters. The highest BCUT2D eigenvalue weighted by Gasteiger charge is 2.40. The first kappa shape index (κ1) is 18.8. The van der Waals surface area contributed by atoms with Crippen LogP contribution in [-0.4, -0.2) is 44.6 Å². The molecule has 1 saturated carbocycles. The number of carbonyl (C=O) groups is 1. The van der Waals surface area contributed by atoms with Crippen molar-refractivity contribution in [3.8, 4) is 0 Å². The second-order valence-corrected chi connectivity index (χ2v) is 8.72. The molecule has 2 aliphatic rings. The topological polar surface area (TPSA) is 69.2 Å². The third kappa shape index (κ3) is 3.72. The molecule has 2 aromatic heterocycles. The molecule has 4 unspecified atom stereocenters. The summed E-state index contributed by atoms with van der Waals surface area (Å²) in [6, 6.07) is 2.46. The van der Waals surface area contributed by atoms with Crippen LogP contribution < -0.4 is 0 Å². The monoisotopic (exact) mass is 389 g/mol. The van der Waals surface area contributed by atoms with Crippen molar-refractivity contribution in [3.05, 3.63) is 29.0 Å². The Bertz CT molecular complexity index is 821. The van der Waals surface area contributed by atoms with Crippen LogP contribution in [0.5, 0.6) is 0 Å². The first-order valence-corrected chi connectivity index (χ1v) is 10.5. The molecule has 3 heterocycles. The van der Waals surface area contributed by atoms with Crippen LogP contribution in [0.2, 0.25) is 5.02 Å². The first-order valence-electron chi connectivity index (χ1n) is 10.1. The van der Waals surface area contributed by atoms with Gasteiger partial charge in [0.25, 0.3) is 0 Å². The van der Waals surface area contributed by atoms with Crippen molar-refractivity contribution >= 4 is 28.5 Å². The normalized spacial score (nSPS) is 26.3. The summed E-state index contributed by atoms with van der Waals surface area (Å²) in [5.41, 5.74) is 1.89. The summed E-state index contributed by atoms with van der Waals surface area (Å²) in [5.74, 6) is 1.03. The number of carbonyl (C=O) groups excluding carboxylic acids is 1. The van der Waals surface area contributed by atoms with Gasteiger partial charge in [0.1, 0.15) is 5.65 Å². The van der Waals surface area contributed by atoms with Crippen molar-refractivity contribution in [2.24, 2.45) is 5.92 Å². The predicted octanol–water partition coefficient (Wildman–Crippen LogP) is 4.25. The standard InChI is InChI=1S/C21H28ClN3O2/c1-13(19-12-24-21-18(19)10-15(22)11-23-21)7-20(27)25-16-4-2-3-14(8-16)9-17(25)5-6-26/h10-14,16-17,26H,2-9H2,1H3,(H,23,24). The zero-order valence-corrected chi connectivity index (χ0v) is 16.6. The summed E-state index contributed by atoms with van der Waals surface area (Å²) in [5, 5.41) is 11.1. The number of nitrogens with one attached hydrogen (secondary N) is 1. The predicted molar refractivity (Wildman–Crippen MR) is 107 cm³/mol. The third-order valence-electron chi connectivity index (χ3n) is 6.44. The van der Waals surface area contributed by atoms with Gasteiger partial charge in [-0.3, -0.25) is 4.79 Å². The minimum Gasteiger partial charge on any atom is -0.396 e. The van der Waals surface area contributed by atoms with Gasteiger partial charge >= 0.3 is 0 Å². The smallest absolute Gasteiger partial charge is 0.223 e. The number of hydrogen-bond acceptors (Lipinski definition) is 3. The number of rotatable bonds is 5. The number of H-pyrrole nitrogens is 1. The lowest BCUT2D eigenvalue weighted by Gasteiger charge is -2.48. The minimum atomic E-state index is 0.0857. The van der Waals surface area contributed by atoms with E-state index in [2.05, 4.69) is 21.8 Å². The first-order chi connectivity index (χ1) is 13.1. The van der Waals surface area contributed by atoms with E-state index in [1.54, 1.807) is 6.20 Å². The molecule has 2 aromatic rings. The number of likely N-dealkylation sites (tertiary alicyclic amines) is 1. The number of aromatic amines is 1. The molecule has 0 aromatic carbocycles. The van der Waals surface area contributed by atoms with Gasteiger partial charge in [0.05, 0.1) is 5.02 Å². The molecule has 2 fully saturated rings. The van der Waals surface area contributed by atoms with Crippen molar-refractivity contribution in [2.45, 2.75) is 69.9 Å². The van der Waals surface area contributed by atoms with Crippen molar-refractivity contribution in [3.63, 3.8) is 0 Å². The van der Waals surface area contributed by atoms with E-state index in [-0.39, 0.29) is 24.5 Å². The zero-order valence-electron chi connectivity index (χ0n) is 15.8. The molecule has 27 heavy (non-hydrogen) atoms. The van der Waals surface area contributed by atoms with E-state index in [9.17, 15) is 9.90 Å². The van der Waals surface area contributed by atoms with Gasteiger partial charge in [-0.05, 0) is 49.1 Å². The van der Waals surface area contributed by atoms with E-state index in [0.29, 0.717) is 23.9 Å². The van der Waals surface area contributed by atoms with Gasteiger partial charge < -0.3 is 15.0 Å². The molecular weight excluding hydrogens is 362 g/mol. The van der Waals surface area contributed by atoms with Crippen LogP contribution in [0.4, 0.5) is 0 Å². The fourth-order valence-corrected chi connectivity index (χ4v) is 5.38. The molecule has 1 amide bonds. The fraction of sp³-hybridized carbons (Fsp3) is 0.619. The maximum atomic E-state index is 13.3. The van der Waals surface area contributed by atoms with Gasteiger partial charge in [-0.15, -0.1) is 0 Å². The Morgan fingerprint density at radius 2 is 2.30 bits per heavy atom. The second-order valence-electron chi connectivity index (χ2n) is 8.29. The molecule has 6 heteroatoms. The van der Waals surface area contributed by atoms with Crippen LogP contribution in [0.15, 0.2) is 18.5 Å². The fourth-order valence-electron chi connectivity index (χ4n) is 5.22. The van der Waals surface area contributed by atoms with Gasteiger partial charge in [0.2, 0.25) is 5.91 Å². The molecular formula is C21H28ClN3O2. The zero-order chi connectivity index (χ0) is 19.0. The lowest BCUT2D eigenvalue weighted by atomic mass is 9.75. The van der Waals surface area contributed by atoms with Crippen molar-refractivity contribution < 1.29 is 9.90 Å². The van der Waals surface area contributed by atoms with Crippen LogP contribution in [0, 0.1) is 5.92 Å². The number of aromatic nitrogens is 2. The number of hydrogen-bond donors (Lipinski definition) is 2. The Morgan fingerprint density at radius 3 is 3.11 bits per heavy atom. The molecule has 1 aliphatic carbocycles. The molecule has 146 valence electrons. The van der Waals surface area contributed by atoms with Crippen molar-refractivity contribution in [1.82, 2.24) is 14.9 Å². The summed E-state index contributed by atoms with van der Waals surface area (Å²) in [6.07, 6.45) is 10.5. The van der Waals surface area contributed by atoms with Crippen molar-refractivity contribution in [2.75, 3.05) is 6.61 Å². The molecule has 4 rings (SSSR count). The summed E-state index contributed by atoms with van der Waals surface area (Å²) in [7, 11) is 0. The maximum absolute atomic E-state index is 13.3. The lowest BCUT2D eigenvalue weighted by Crippen LogP contribution is -2.54. The average molecular weight is 390 g/mol. The number of nitrogens with zero attached hydrogens (tertiary/aromatic N) is 2. The summed E-state index contributed by atoms with van der Waals surface area (Å²) >= 11 is 6.12. The van der Waals surface area contributed by atoms with E-state index >= 15 is 0 Å². The lowest BCUT2D eigenvalue weighted by molar-refractivity contribution is -0.142. The van der Waals surface area contributed by atoms with Gasteiger partial charge in [-0.2, -0.15) is 0 Å². The Kier molecular flexibility index (Phi) is 5.42. The summed E-state index contributed by atoms with van der Waals surface area (Å²) in [6.45, 7) is 2.24. The summed E-state index contributed by atoms with van der Waals surface area (Å²) < 4.78 is 0. The van der Waals surface area contributed by atoms with E-state index in [1.807, 2.05) is 12.3 Å². The number of fused-ring (bicyclic) bond motifs is 3. The van der Waals surface area contributed by atoms with Crippen LogP contribution in [0.1, 0.15) is 63.4 Å². The molecule has 5 nitrogen and oxygen atoms in total. The molecule has 1 saturated heterocycles. The molecule has 0 radical (unpaired) electrons. The van der Waals surface area contributed by atoms with Crippen LogP contribution in [-0.2, 0) is 4.79 Å². The summed E-state index contributed by atoms with van der Waals surface area (Å²) in [4.78, 5) is 22.9. The van der Waals surface area contributed by atoms with Gasteiger partial charge in [0.15, 0.2) is 0 Å². The Morgan fingerprint density at radius 1 is 1.44 bits per heavy atom. The molecule has 2 N–H and O–H groups in total. The largest absolute Gasteiger partial charge is 0.396 e. The maximum Gasteiger partial charge on any atom is 0.223 e. The van der Waals surface area contributed by atoms with Gasteiger partial charge in [0, 0.05) is 42.9 Å². The minimum absolute atomic E-state index is 0.0857. The van der Waals surface area contributed by atoms with Gasteiger partial charge in [-0.25, -0.2) is 4.98 Å². The number of amides is 1. The van der Waals surface area contributed by atoms with Crippen LogP contribution in [0.3, 0.4) is 0 Å². The SMILES string of the molecule is CC(CC(=O)N1C(CCO)CC2CCCC1C2)c1c[nH]c2ncc(Cl)cc12. The quantitative estimate of drug-likeness (QED) is 0.803. The highest BCUT2D eigenvalue weighted by molar-refractivity contribution is 6.31. The number of aliphatic hydroxyl groups is 1. The van der Waals surface area contributed by atoms with Crippen LogP contribution >= 0.6 is 11.6 Å². The molecule has 1 aliphatic heterocycles. The second kappa shape index (κ2) is 7.80. The number of halogens is 1. The Balaban J connectivity index is 1.53. The number of aliphatic hydroxyl groups excluding tert-OH is 1. The Labute approximate surface area is 165 Å². The van der Waals surface area contributed by atoms with E-state index in [0.717, 1.165) is 41.8 Å². The Hall–Kier alpha value is -1.59. The van der Waals surface area contributed by atoms with Crippen molar-refractivity contribution in [1.29, 1.82) is 0 Å². The molecule has 2 bridgehead atoms. The highest BCUT2D eigenvalue weighted by atomic mass is 35.5. The van der Waals surface area contributed by atoms with E-state index < -0.39 is 0 Å². The van der Waals surface area contributed by atoms with E-state index in [4.69, 9.17) is 11.6 Å². The van der Waals surface area contributed by atoms with Crippen LogP contribution in [0.25, 0.3) is 11.0 Å².